The highest BCUT2D eigenvalue weighted by Gasteiger charge is 2.18. The van der Waals surface area contributed by atoms with Crippen LogP contribution in [0.2, 0.25) is 0 Å². The Morgan fingerprint density at radius 1 is 1.41 bits per heavy atom. The zero-order valence-electron chi connectivity index (χ0n) is 11.0. The Bertz CT molecular complexity index is 387. The maximum Gasteiger partial charge on any atom is 0.125 e. The van der Waals surface area contributed by atoms with Gasteiger partial charge in [-0.05, 0) is 31.6 Å². The summed E-state index contributed by atoms with van der Waals surface area (Å²) in [6.45, 7) is 6.29. The monoisotopic (exact) mass is 232 g/mol. The van der Waals surface area contributed by atoms with Gasteiger partial charge < -0.3 is 10.2 Å². The second-order valence-corrected chi connectivity index (χ2v) is 5.30. The minimum absolute atomic E-state index is 0.180. The van der Waals surface area contributed by atoms with Gasteiger partial charge in [-0.25, -0.2) is 4.98 Å². The van der Waals surface area contributed by atoms with Gasteiger partial charge >= 0.3 is 0 Å². The molecule has 4 nitrogen and oxygen atoms in total. The normalized spacial score (nSPS) is 11.3. The zero-order chi connectivity index (χ0) is 12.9. The molecule has 1 rings (SSSR count). The molecule has 0 aliphatic heterocycles. The lowest BCUT2D eigenvalue weighted by atomic mass is 9.93. The molecule has 0 saturated heterocycles. The molecular formula is C13H20N4. The maximum absolute atomic E-state index is 8.67. The quantitative estimate of drug-likeness (QED) is 0.843. The third-order valence-corrected chi connectivity index (χ3v) is 2.38. The lowest BCUT2D eigenvalue weighted by Crippen LogP contribution is -2.34. The van der Waals surface area contributed by atoms with Crippen molar-refractivity contribution in [2.24, 2.45) is 5.41 Å². The number of aromatic nitrogens is 1. The molecule has 0 radical (unpaired) electrons. The van der Waals surface area contributed by atoms with Crippen molar-refractivity contribution in [3.63, 3.8) is 0 Å². The zero-order valence-corrected chi connectivity index (χ0v) is 11.0. The van der Waals surface area contributed by atoms with Gasteiger partial charge in [0, 0.05) is 19.3 Å². The Morgan fingerprint density at radius 2 is 2.12 bits per heavy atom. The van der Waals surface area contributed by atoms with Gasteiger partial charge in [0.1, 0.15) is 11.9 Å². The lowest BCUT2D eigenvalue weighted by molar-refractivity contribution is 0.254. The van der Waals surface area contributed by atoms with Crippen LogP contribution in [-0.4, -0.2) is 37.1 Å². The molecule has 4 heteroatoms. The number of nitrogens with zero attached hydrogens (tertiary/aromatic N) is 3. The summed E-state index contributed by atoms with van der Waals surface area (Å²) in [4.78, 5) is 6.36. The van der Waals surface area contributed by atoms with Crippen LogP contribution in [0.1, 0.15) is 19.4 Å². The lowest BCUT2D eigenvalue weighted by Gasteiger charge is -2.28. The average Bonchev–Trinajstić information content (AvgIpc) is 2.25. The molecule has 0 fully saturated rings. The first kappa shape index (κ1) is 13.5. The van der Waals surface area contributed by atoms with Crippen LogP contribution in [0.3, 0.4) is 0 Å². The molecule has 0 bridgehead atoms. The van der Waals surface area contributed by atoms with Crippen molar-refractivity contribution >= 4 is 5.82 Å². The average molecular weight is 232 g/mol. The first-order valence-corrected chi connectivity index (χ1v) is 5.68. The highest BCUT2D eigenvalue weighted by molar-refractivity contribution is 5.39. The molecule has 1 aromatic heterocycles. The van der Waals surface area contributed by atoms with Crippen LogP contribution in [0, 0.1) is 16.7 Å². The third kappa shape index (κ3) is 4.83. The van der Waals surface area contributed by atoms with Crippen LogP contribution in [0.4, 0.5) is 5.82 Å². The van der Waals surface area contributed by atoms with Crippen molar-refractivity contribution in [1.29, 1.82) is 5.26 Å². The molecule has 0 aliphatic rings. The van der Waals surface area contributed by atoms with Gasteiger partial charge in [-0.15, -0.1) is 0 Å². The van der Waals surface area contributed by atoms with Crippen molar-refractivity contribution in [2.45, 2.75) is 13.8 Å². The molecule has 0 atom stereocenters. The number of pyridine rings is 1. The van der Waals surface area contributed by atoms with Gasteiger partial charge in [0.05, 0.1) is 5.56 Å². The topological polar surface area (TPSA) is 52.0 Å². The largest absolute Gasteiger partial charge is 0.369 e. The summed E-state index contributed by atoms with van der Waals surface area (Å²) in [7, 11) is 4.14. The number of hydrogen-bond donors (Lipinski definition) is 1. The Morgan fingerprint density at radius 3 is 2.59 bits per heavy atom. The van der Waals surface area contributed by atoms with E-state index in [-0.39, 0.29) is 5.41 Å². The van der Waals surface area contributed by atoms with E-state index in [0.717, 1.165) is 18.9 Å². The van der Waals surface area contributed by atoms with E-state index in [9.17, 15) is 0 Å². The van der Waals surface area contributed by atoms with Crippen LogP contribution < -0.4 is 5.32 Å². The van der Waals surface area contributed by atoms with Crippen molar-refractivity contribution in [3.8, 4) is 6.07 Å². The number of rotatable bonds is 5. The van der Waals surface area contributed by atoms with E-state index in [1.165, 1.54) is 0 Å². The molecular weight excluding hydrogens is 212 g/mol. The van der Waals surface area contributed by atoms with E-state index in [1.807, 2.05) is 6.07 Å². The van der Waals surface area contributed by atoms with Gasteiger partial charge in [-0.1, -0.05) is 13.8 Å². The van der Waals surface area contributed by atoms with E-state index < -0.39 is 0 Å². The van der Waals surface area contributed by atoms with Crippen molar-refractivity contribution in [3.05, 3.63) is 23.9 Å². The molecule has 0 spiro atoms. The molecule has 0 saturated carbocycles. The van der Waals surface area contributed by atoms with Crippen LogP contribution in [0.5, 0.6) is 0 Å². The summed E-state index contributed by atoms with van der Waals surface area (Å²) in [6.07, 6.45) is 1.58. The van der Waals surface area contributed by atoms with E-state index >= 15 is 0 Å². The number of anilines is 1. The van der Waals surface area contributed by atoms with Crippen molar-refractivity contribution in [1.82, 2.24) is 9.88 Å². The van der Waals surface area contributed by atoms with E-state index in [2.05, 4.69) is 49.2 Å². The first-order valence-electron chi connectivity index (χ1n) is 5.68. The molecule has 1 N–H and O–H groups in total. The van der Waals surface area contributed by atoms with E-state index in [0.29, 0.717) is 5.56 Å². The number of nitriles is 1. The summed E-state index contributed by atoms with van der Waals surface area (Å²) in [5.74, 6) is 0.816. The van der Waals surface area contributed by atoms with Crippen molar-refractivity contribution in [2.75, 3.05) is 32.5 Å². The van der Waals surface area contributed by atoms with Crippen molar-refractivity contribution < 1.29 is 0 Å². The number of nitrogens with one attached hydrogen (secondary N) is 1. The third-order valence-electron chi connectivity index (χ3n) is 2.38. The molecule has 0 amide bonds. The summed E-state index contributed by atoms with van der Waals surface area (Å²) in [5.41, 5.74) is 0.766. The molecule has 0 unspecified atom stereocenters. The maximum atomic E-state index is 8.67. The minimum Gasteiger partial charge on any atom is -0.369 e. The fourth-order valence-electron chi connectivity index (χ4n) is 1.81. The van der Waals surface area contributed by atoms with Crippen LogP contribution in [0.15, 0.2) is 18.3 Å². The molecule has 92 valence electrons. The second-order valence-electron chi connectivity index (χ2n) is 5.30. The fourth-order valence-corrected chi connectivity index (χ4v) is 1.81. The van der Waals surface area contributed by atoms with Crippen LogP contribution in [-0.2, 0) is 0 Å². The highest BCUT2D eigenvalue weighted by Crippen LogP contribution is 2.16. The Kier molecular flexibility index (Phi) is 4.47. The Labute approximate surface area is 103 Å². The van der Waals surface area contributed by atoms with Gasteiger partial charge in [-0.2, -0.15) is 5.26 Å². The number of hydrogen-bond acceptors (Lipinski definition) is 4. The second kappa shape index (κ2) is 5.65. The molecule has 0 aromatic carbocycles. The molecule has 1 heterocycles. The standard InChI is InChI=1S/C13H20N4/c1-13(2,10-17(3)4)9-16-12-6-5-11(7-14)8-15-12/h5-6,8H,9-10H2,1-4H3,(H,15,16). The fraction of sp³-hybridized carbons (Fsp3) is 0.538. The smallest absolute Gasteiger partial charge is 0.125 e. The Hall–Kier alpha value is -1.60. The highest BCUT2D eigenvalue weighted by atomic mass is 15.1. The molecule has 1 aromatic rings. The van der Waals surface area contributed by atoms with Gasteiger partial charge in [-0.3, -0.25) is 0 Å². The minimum atomic E-state index is 0.180. The molecule has 17 heavy (non-hydrogen) atoms. The first-order chi connectivity index (χ1) is 7.93. The summed E-state index contributed by atoms with van der Waals surface area (Å²) < 4.78 is 0. The summed E-state index contributed by atoms with van der Waals surface area (Å²) >= 11 is 0. The summed E-state index contributed by atoms with van der Waals surface area (Å²) in [5, 5.41) is 12.0. The van der Waals surface area contributed by atoms with Gasteiger partial charge in [0.2, 0.25) is 0 Å². The van der Waals surface area contributed by atoms with Crippen LogP contribution in [0.25, 0.3) is 0 Å². The SMILES string of the molecule is CN(C)CC(C)(C)CNc1ccc(C#N)cn1. The van der Waals surface area contributed by atoms with Crippen LogP contribution >= 0.6 is 0 Å². The van der Waals surface area contributed by atoms with E-state index in [1.54, 1.807) is 12.3 Å². The predicted molar refractivity (Wildman–Crippen MR) is 69.8 cm³/mol. The van der Waals surface area contributed by atoms with Gasteiger partial charge in [0.15, 0.2) is 0 Å². The molecule has 0 aliphatic carbocycles. The Balaban J connectivity index is 2.52. The summed E-state index contributed by atoms with van der Waals surface area (Å²) in [6, 6.07) is 5.67. The van der Waals surface area contributed by atoms with E-state index in [4.69, 9.17) is 5.26 Å². The predicted octanol–water partition coefficient (Wildman–Crippen LogP) is 1.95. The van der Waals surface area contributed by atoms with Gasteiger partial charge in [0.25, 0.3) is 0 Å².